The molecule has 1 aliphatic rings. The standard InChI is InChI=1S/C15H30.C8H20N4/c1-3-5-7-9-11-13-15-14-12-10-8-6-4-2;1-3-9-5-2-6-11-12-8-7-10-4-1/h3H,1,4-15H2,2H3;9-12H,1-8H2. The van der Waals surface area contributed by atoms with Crippen LogP contribution in [0.15, 0.2) is 12.7 Å². The summed E-state index contributed by atoms with van der Waals surface area (Å²) in [5, 5.41) is 6.76. The van der Waals surface area contributed by atoms with Crippen molar-refractivity contribution in [2.45, 2.75) is 96.8 Å². The van der Waals surface area contributed by atoms with E-state index in [9.17, 15) is 0 Å². The zero-order valence-corrected chi connectivity index (χ0v) is 18.4. The molecule has 4 heteroatoms. The summed E-state index contributed by atoms with van der Waals surface area (Å²) in [7, 11) is 0. The molecule has 1 fully saturated rings. The van der Waals surface area contributed by atoms with Crippen molar-refractivity contribution in [2.24, 2.45) is 0 Å². The fourth-order valence-electron chi connectivity index (χ4n) is 3.17. The second-order valence-electron chi connectivity index (χ2n) is 7.67. The fourth-order valence-corrected chi connectivity index (χ4v) is 3.17. The Balaban J connectivity index is 0.000000511. The summed E-state index contributed by atoms with van der Waals surface area (Å²) in [6.07, 6.45) is 21.4. The van der Waals surface area contributed by atoms with Crippen LogP contribution in [0.4, 0.5) is 0 Å². The van der Waals surface area contributed by atoms with Crippen LogP contribution in [0.2, 0.25) is 0 Å². The van der Waals surface area contributed by atoms with Crippen molar-refractivity contribution in [2.75, 3.05) is 39.3 Å². The van der Waals surface area contributed by atoms with Crippen LogP contribution in [-0.4, -0.2) is 39.3 Å². The summed E-state index contributed by atoms with van der Waals surface area (Å²) in [5.41, 5.74) is 6.34. The third kappa shape index (κ3) is 25.6. The van der Waals surface area contributed by atoms with Crippen LogP contribution in [0.5, 0.6) is 0 Å². The molecule has 1 saturated heterocycles. The average Bonchev–Trinajstić information content (AvgIpc) is 2.67. The molecule has 1 aliphatic heterocycles. The summed E-state index contributed by atoms with van der Waals surface area (Å²) in [6, 6.07) is 0. The molecule has 0 radical (unpaired) electrons. The van der Waals surface area contributed by atoms with E-state index in [0.29, 0.717) is 0 Å². The predicted molar refractivity (Wildman–Crippen MR) is 122 cm³/mol. The zero-order chi connectivity index (χ0) is 19.7. The molecule has 0 unspecified atom stereocenters. The van der Waals surface area contributed by atoms with Crippen molar-refractivity contribution in [3.63, 3.8) is 0 Å². The molecule has 0 spiro atoms. The lowest BCUT2D eigenvalue weighted by atomic mass is 10.1. The minimum absolute atomic E-state index is 1.01. The van der Waals surface area contributed by atoms with Crippen molar-refractivity contribution in [3.05, 3.63) is 12.7 Å². The second-order valence-corrected chi connectivity index (χ2v) is 7.67. The lowest BCUT2D eigenvalue weighted by Crippen LogP contribution is -2.39. The normalized spacial score (nSPS) is 16.5. The van der Waals surface area contributed by atoms with E-state index in [1.807, 2.05) is 6.08 Å². The van der Waals surface area contributed by atoms with Gasteiger partial charge in [0, 0.05) is 19.6 Å². The Kier molecular flexibility index (Phi) is 25.2. The lowest BCUT2D eigenvalue weighted by Gasteiger charge is -2.11. The average molecular weight is 383 g/mol. The molecule has 27 heavy (non-hydrogen) atoms. The highest BCUT2D eigenvalue weighted by Crippen LogP contribution is 2.11. The monoisotopic (exact) mass is 382 g/mol. The highest BCUT2D eigenvalue weighted by Gasteiger charge is 1.93. The van der Waals surface area contributed by atoms with Gasteiger partial charge in [0.1, 0.15) is 0 Å². The molecule has 0 saturated carbocycles. The van der Waals surface area contributed by atoms with Gasteiger partial charge in [-0.25, -0.2) is 0 Å². The van der Waals surface area contributed by atoms with Gasteiger partial charge in [-0.3, -0.25) is 10.9 Å². The van der Waals surface area contributed by atoms with Gasteiger partial charge in [-0.1, -0.05) is 77.2 Å². The number of rotatable bonds is 12. The Labute approximate surface area is 170 Å². The fraction of sp³-hybridized carbons (Fsp3) is 0.913. The molecule has 4 N–H and O–H groups in total. The zero-order valence-electron chi connectivity index (χ0n) is 18.4. The first kappa shape index (κ1) is 26.6. The summed E-state index contributed by atoms with van der Waals surface area (Å²) in [6.45, 7) is 12.5. The Morgan fingerprint density at radius 1 is 0.593 bits per heavy atom. The van der Waals surface area contributed by atoms with E-state index >= 15 is 0 Å². The third-order valence-corrected chi connectivity index (χ3v) is 4.93. The molecule has 0 bridgehead atoms. The maximum atomic E-state index is 3.74. The summed E-state index contributed by atoms with van der Waals surface area (Å²) in [4.78, 5) is 0. The largest absolute Gasteiger partial charge is 0.317 e. The summed E-state index contributed by atoms with van der Waals surface area (Å²) < 4.78 is 0. The van der Waals surface area contributed by atoms with Gasteiger partial charge in [-0.05, 0) is 45.3 Å². The van der Waals surface area contributed by atoms with Gasteiger partial charge >= 0.3 is 0 Å². The topological polar surface area (TPSA) is 48.1 Å². The van der Waals surface area contributed by atoms with Gasteiger partial charge in [0.25, 0.3) is 0 Å². The lowest BCUT2D eigenvalue weighted by molar-refractivity contribution is 0.478. The number of unbranched alkanes of at least 4 members (excludes halogenated alkanes) is 11. The van der Waals surface area contributed by atoms with Gasteiger partial charge in [0.15, 0.2) is 0 Å². The van der Waals surface area contributed by atoms with Crippen LogP contribution in [0, 0.1) is 0 Å². The molecule has 0 aromatic carbocycles. The van der Waals surface area contributed by atoms with Crippen LogP contribution in [0.25, 0.3) is 0 Å². The van der Waals surface area contributed by atoms with Crippen molar-refractivity contribution in [3.8, 4) is 0 Å². The number of hydrazine groups is 1. The molecule has 0 aromatic rings. The van der Waals surface area contributed by atoms with E-state index in [1.54, 1.807) is 0 Å². The smallest absolute Gasteiger partial charge is 0.0225 e. The molecule has 0 amide bonds. The molecule has 1 rings (SSSR count). The third-order valence-electron chi connectivity index (χ3n) is 4.93. The predicted octanol–water partition coefficient (Wildman–Crippen LogP) is 4.93. The Morgan fingerprint density at radius 2 is 1.07 bits per heavy atom. The summed E-state index contributed by atoms with van der Waals surface area (Å²) >= 11 is 0. The van der Waals surface area contributed by atoms with Gasteiger partial charge in [0.05, 0.1) is 0 Å². The van der Waals surface area contributed by atoms with E-state index in [-0.39, 0.29) is 0 Å². The van der Waals surface area contributed by atoms with Crippen LogP contribution in [0.3, 0.4) is 0 Å². The van der Waals surface area contributed by atoms with Crippen LogP contribution < -0.4 is 21.5 Å². The highest BCUT2D eigenvalue weighted by molar-refractivity contribution is 4.65. The minimum Gasteiger partial charge on any atom is -0.317 e. The van der Waals surface area contributed by atoms with Crippen molar-refractivity contribution < 1.29 is 0 Å². The number of hydrogen-bond acceptors (Lipinski definition) is 4. The number of allylic oxidation sites excluding steroid dienone is 1. The molecule has 0 aliphatic carbocycles. The van der Waals surface area contributed by atoms with Crippen LogP contribution in [0.1, 0.15) is 96.8 Å². The Morgan fingerprint density at radius 3 is 1.67 bits per heavy atom. The Bertz CT molecular complexity index is 228. The van der Waals surface area contributed by atoms with Crippen LogP contribution >= 0.6 is 0 Å². The maximum Gasteiger partial charge on any atom is 0.0225 e. The first-order chi connectivity index (χ1) is 13.4. The van der Waals surface area contributed by atoms with E-state index in [0.717, 1.165) is 39.3 Å². The molecular formula is C23H50N4. The van der Waals surface area contributed by atoms with Crippen molar-refractivity contribution >= 4 is 0 Å². The number of nitrogens with one attached hydrogen (secondary N) is 4. The van der Waals surface area contributed by atoms with E-state index in [2.05, 4.69) is 35.0 Å². The van der Waals surface area contributed by atoms with Gasteiger partial charge in [-0.15, -0.1) is 6.58 Å². The minimum atomic E-state index is 1.01. The molecule has 1 heterocycles. The first-order valence-electron chi connectivity index (χ1n) is 11.9. The van der Waals surface area contributed by atoms with Crippen LogP contribution in [-0.2, 0) is 0 Å². The molecule has 162 valence electrons. The Hall–Kier alpha value is -0.420. The number of hydrogen-bond donors (Lipinski definition) is 4. The van der Waals surface area contributed by atoms with Crippen molar-refractivity contribution in [1.82, 2.24) is 21.5 Å². The van der Waals surface area contributed by atoms with E-state index in [1.165, 1.54) is 89.9 Å². The SMILES string of the molecule is C1CNCCCNNCCNC1.C=CCCCCCCCCCCCCC. The van der Waals surface area contributed by atoms with Gasteiger partial charge in [-0.2, -0.15) is 0 Å². The molecule has 4 nitrogen and oxygen atoms in total. The summed E-state index contributed by atoms with van der Waals surface area (Å²) in [5.74, 6) is 0. The van der Waals surface area contributed by atoms with E-state index < -0.39 is 0 Å². The van der Waals surface area contributed by atoms with Gasteiger partial charge < -0.3 is 10.6 Å². The quantitative estimate of drug-likeness (QED) is 0.286. The first-order valence-corrected chi connectivity index (χ1v) is 11.9. The molecule has 0 atom stereocenters. The van der Waals surface area contributed by atoms with Gasteiger partial charge in [0.2, 0.25) is 0 Å². The van der Waals surface area contributed by atoms with E-state index in [4.69, 9.17) is 0 Å². The molecule has 0 aromatic heterocycles. The second kappa shape index (κ2) is 25.6. The molecular weight excluding hydrogens is 332 g/mol. The maximum absolute atomic E-state index is 3.74. The highest BCUT2D eigenvalue weighted by atomic mass is 15.3. The van der Waals surface area contributed by atoms with Crippen molar-refractivity contribution in [1.29, 1.82) is 0 Å².